The number of hydrogen-bond donors (Lipinski definition) is 0. The standard InChI is InChI=1S/C25H28N.C24H26N.C24H28N.C22H24N.C20H20N/c1-19-8-6-7-11-24(19)25-18-23(16-17-26(25)2)22-14-12-21(13-15-22)20-9-4-3-5-10-20;1-18-7-3-6-10-23(18)24-17-22(15-16-25(24)2)21-13-11-20(12-14-21)19-8-4-5-9-19;1-18-8-6-7-9-22(18)23-16-21(14-15-25(23)5)20-12-10-19(11-13-20)17-24(2,3)4;1-16(2)18-9-11-19(12-10-18)20-13-14-23(4)22(15-20)21-8-6-5-7-17(21)3;1-15-8-10-17(11-9-15)18-12-13-21(3)20(14-18)19-7-5-4-6-16(19)2/h6-8,11-18,20H,3-5,9-10H2,1-2H3;3,6-7,10-17,19H,4-5,8-9H2,1-2H3;6-16H,17H2,1-5H3;5-16H,1-4H3;4-14H,1-3H3/q5*+1/i;;;16D;. The van der Waals surface area contributed by atoms with Gasteiger partial charge in [0.15, 0.2) is 31.0 Å². The third-order valence-corrected chi connectivity index (χ3v) is 24.4. The fraction of sp³-hybridized carbons (Fsp3) is 0.261. The van der Waals surface area contributed by atoms with Gasteiger partial charge in [0, 0.05) is 89.9 Å². The molecule has 2 saturated carbocycles. The molecule has 0 N–H and O–H groups in total. The highest BCUT2D eigenvalue weighted by atomic mass is 14.9. The Balaban J connectivity index is 0.000000131. The molecule has 606 valence electrons. The molecule has 0 atom stereocenters. The second kappa shape index (κ2) is 40.1. The third-order valence-electron chi connectivity index (χ3n) is 24.4. The Bertz CT molecular complexity index is 5970. The molecule has 5 heterocycles. The van der Waals surface area contributed by atoms with Crippen molar-refractivity contribution in [1.29, 1.82) is 0 Å². The van der Waals surface area contributed by atoms with Crippen LogP contribution in [0.4, 0.5) is 0 Å². The zero-order chi connectivity index (χ0) is 85.3. The van der Waals surface area contributed by atoms with Crippen LogP contribution < -0.4 is 22.8 Å². The number of rotatable bonds is 14. The van der Waals surface area contributed by atoms with E-state index in [0.717, 1.165) is 23.8 Å². The van der Waals surface area contributed by atoms with Crippen molar-refractivity contribution >= 4 is 0 Å². The lowest BCUT2D eigenvalue weighted by Gasteiger charge is -2.22. The van der Waals surface area contributed by atoms with Crippen molar-refractivity contribution in [2.45, 2.75) is 158 Å². The first-order chi connectivity index (χ1) is 58.3. The molecular formula is C115H126N5+5. The summed E-state index contributed by atoms with van der Waals surface area (Å²) < 4.78 is 19.1. The first-order valence-electron chi connectivity index (χ1n) is 44.1. The SMILES string of the molecule is Cc1ccc(-c2cc[n+](C)c(-c3ccccc3C)c2)cc1.Cc1ccccc1-c1cc(-c2ccc(C3CCCC3)cc2)cc[n+]1C.Cc1ccccc1-c1cc(-c2ccc(C3CCCCC3)cc2)cc[n+]1C.Cc1ccccc1-c1cc(-c2ccc(CC(C)(C)C)cc2)cc[n+]1C.[2H]C(C)(C)c1ccc(-c2cc[n+](C)c(-c3ccccc3C)c2)cc1. The Morgan fingerprint density at radius 3 is 0.767 bits per heavy atom. The van der Waals surface area contributed by atoms with E-state index in [1.54, 1.807) is 0 Å². The number of hydrogen-bond acceptors (Lipinski definition) is 0. The van der Waals surface area contributed by atoms with Gasteiger partial charge in [0.05, 0.1) is 0 Å². The second-order valence-electron chi connectivity index (χ2n) is 35.1. The van der Waals surface area contributed by atoms with Crippen LogP contribution in [0, 0.1) is 47.0 Å². The molecule has 5 nitrogen and oxygen atoms in total. The highest BCUT2D eigenvalue weighted by molar-refractivity contribution is 5.76. The van der Waals surface area contributed by atoms with Crippen LogP contribution in [0.3, 0.4) is 0 Å². The molecule has 0 unspecified atom stereocenters. The summed E-state index contributed by atoms with van der Waals surface area (Å²) in [7, 11) is 10.5. The predicted octanol–water partition coefficient (Wildman–Crippen LogP) is 27.5. The average Bonchev–Trinajstić information content (AvgIpc) is 1.38. The van der Waals surface area contributed by atoms with E-state index in [0.29, 0.717) is 5.41 Å². The molecule has 15 aromatic rings. The molecule has 2 fully saturated rings. The Hall–Kier alpha value is -12.1. The molecule has 5 heteroatoms. The predicted molar refractivity (Wildman–Crippen MR) is 505 cm³/mol. The number of pyridine rings is 5. The first-order valence-corrected chi connectivity index (χ1v) is 43.6. The van der Waals surface area contributed by atoms with Crippen LogP contribution in [-0.4, -0.2) is 0 Å². The highest BCUT2D eigenvalue weighted by Crippen LogP contribution is 2.38. The summed E-state index contributed by atoms with van der Waals surface area (Å²) >= 11 is 0. The van der Waals surface area contributed by atoms with Crippen molar-refractivity contribution in [2.75, 3.05) is 0 Å². The van der Waals surface area contributed by atoms with Crippen molar-refractivity contribution in [1.82, 2.24) is 0 Å². The van der Waals surface area contributed by atoms with Crippen LogP contribution in [0.1, 0.15) is 167 Å². The zero-order valence-corrected chi connectivity index (χ0v) is 74.2. The van der Waals surface area contributed by atoms with Crippen LogP contribution in [0.5, 0.6) is 0 Å². The summed E-state index contributed by atoms with van der Waals surface area (Å²) in [5.74, 6) is 0.993. The quantitative estimate of drug-likeness (QED) is 0.0967. The van der Waals surface area contributed by atoms with E-state index in [-0.39, 0.29) is 0 Å². The van der Waals surface area contributed by atoms with Crippen molar-refractivity contribution in [2.24, 2.45) is 40.7 Å². The topological polar surface area (TPSA) is 19.4 Å². The van der Waals surface area contributed by atoms with Crippen LogP contribution in [0.25, 0.3) is 112 Å². The summed E-state index contributed by atoms with van der Waals surface area (Å²) in [4.78, 5) is 0. The Morgan fingerprint density at radius 1 is 0.283 bits per heavy atom. The van der Waals surface area contributed by atoms with Crippen LogP contribution in [-0.2, 0) is 41.7 Å². The van der Waals surface area contributed by atoms with E-state index in [9.17, 15) is 0 Å². The van der Waals surface area contributed by atoms with Gasteiger partial charge >= 0.3 is 0 Å². The summed E-state index contributed by atoms with van der Waals surface area (Å²) in [6.45, 7) is 23.6. The Morgan fingerprint density at radius 2 is 0.517 bits per heavy atom. The summed E-state index contributed by atoms with van der Waals surface area (Å²) in [6.07, 6.45) is 24.3. The number of nitrogens with zero attached hydrogens (tertiary/aromatic N) is 5. The van der Waals surface area contributed by atoms with E-state index in [1.165, 1.54) is 220 Å². The monoisotopic (exact) mass is 1580 g/mol. The molecule has 5 aromatic heterocycles. The molecule has 17 rings (SSSR count). The zero-order valence-electron chi connectivity index (χ0n) is 75.2. The van der Waals surface area contributed by atoms with Crippen LogP contribution >= 0.6 is 0 Å². The molecule has 0 amide bonds. The third kappa shape index (κ3) is 22.1. The van der Waals surface area contributed by atoms with Gasteiger partial charge in [-0.05, 0) is 233 Å². The fourth-order valence-electron chi connectivity index (χ4n) is 17.1. The van der Waals surface area contributed by atoms with E-state index in [1.807, 2.05) is 13.8 Å². The van der Waals surface area contributed by atoms with Gasteiger partial charge in [-0.15, -0.1) is 0 Å². The van der Waals surface area contributed by atoms with Gasteiger partial charge in [-0.25, -0.2) is 22.8 Å². The average molecular weight is 1580 g/mol. The minimum absolute atomic E-state index is 0.319. The minimum atomic E-state index is -0.562. The maximum absolute atomic E-state index is 8.14. The van der Waals surface area contributed by atoms with Crippen molar-refractivity contribution in [3.8, 4) is 112 Å². The molecule has 0 bridgehead atoms. The summed E-state index contributed by atoms with van der Waals surface area (Å²) in [5.41, 5.74) is 38.8. The van der Waals surface area contributed by atoms with E-state index in [4.69, 9.17) is 1.37 Å². The summed E-state index contributed by atoms with van der Waals surface area (Å²) in [5, 5.41) is 0. The number of aryl methyl sites for hydroxylation is 11. The van der Waals surface area contributed by atoms with Gasteiger partial charge in [0.1, 0.15) is 35.2 Å². The Kier molecular flexibility index (Phi) is 28.2. The van der Waals surface area contributed by atoms with Gasteiger partial charge in [0.25, 0.3) is 0 Å². The van der Waals surface area contributed by atoms with Gasteiger partial charge in [-0.2, -0.15) is 0 Å². The molecular weight excluding hydrogens is 1450 g/mol. The molecule has 0 saturated heterocycles. The largest absolute Gasteiger partial charge is 0.213 e. The summed E-state index contributed by atoms with van der Waals surface area (Å²) in [6, 6.07) is 110. The lowest BCUT2D eigenvalue weighted by molar-refractivity contribution is -0.660. The van der Waals surface area contributed by atoms with Gasteiger partial charge in [-0.3, -0.25) is 0 Å². The molecule has 10 aromatic carbocycles. The highest BCUT2D eigenvalue weighted by Gasteiger charge is 2.23. The first kappa shape index (κ1) is 84.4. The maximum atomic E-state index is 8.14. The molecule has 120 heavy (non-hydrogen) atoms. The lowest BCUT2D eigenvalue weighted by atomic mass is 9.84. The number of aromatic nitrogens is 5. The normalized spacial score (nSPS) is 12.9. The molecule has 2 aliphatic carbocycles. The lowest BCUT2D eigenvalue weighted by Crippen LogP contribution is -2.30. The van der Waals surface area contributed by atoms with E-state index in [2.05, 4.69) is 455 Å². The fourth-order valence-corrected chi connectivity index (χ4v) is 17.1. The molecule has 0 radical (unpaired) electrons. The van der Waals surface area contributed by atoms with Gasteiger partial charge in [-0.1, -0.05) is 285 Å². The number of benzene rings is 10. The van der Waals surface area contributed by atoms with Crippen LogP contribution in [0.15, 0.2) is 334 Å². The Labute approximate surface area is 720 Å². The molecule has 0 spiro atoms. The van der Waals surface area contributed by atoms with E-state index < -0.39 is 5.89 Å². The van der Waals surface area contributed by atoms with Crippen molar-refractivity contribution in [3.63, 3.8) is 0 Å². The van der Waals surface area contributed by atoms with Gasteiger partial charge in [0.2, 0.25) is 28.5 Å². The van der Waals surface area contributed by atoms with E-state index >= 15 is 0 Å². The van der Waals surface area contributed by atoms with Gasteiger partial charge < -0.3 is 0 Å². The molecule has 0 aliphatic heterocycles. The molecule has 2 aliphatic rings. The minimum Gasteiger partial charge on any atom is -0.201 e. The smallest absolute Gasteiger partial charge is 0.201 e. The van der Waals surface area contributed by atoms with Crippen LogP contribution in [0.2, 0.25) is 0 Å². The van der Waals surface area contributed by atoms with Crippen molar-refractivity contribution in [3.05, 3.63) is 390 Å². The maximum Gasteiger partial charge on any atom is 0.213 e. The second-order valence-corrected chi connectivity index (χ2v) is 35.1. The van der Waals surface area contributed by atoms with Crippen molar-refractivity contribution < 1.29 is 24.2 Å².